The van der Waals surface area contributed by atoms with Crippen molar-refractivity contribution >= 4 is 11.8 Å². The van der Waals surface area contributed by atoms with Gasteiger partial charge in [-0.1, -0.05) is 42.1 Å². The lowest BCUT2D eigenvalue weighted by Crippen LogP contribution is -2.06. The van der Waals surface area contributed by atoms with Crippen LogP contribution in [0.15, 0.2) is 84.0 Å². The van der Waals surface area contributed by atoms with Gasteiger partial charge in [-0.15, -0.1) is 10.2 Å². The van der Waals surface area contributed by atoms with Gasteiger partial charge in [0.2, 0.25) is 0 Å². The highest BCUT2D eigenvalue weighted by atomic mass is 32.2. The van der Waals surface area contributed by atoms with Gasteiger partial charge < -0.3 is 14.2 Å². The van der Waals surface area contributed by atoms with Gasteiger partial charge in [0.1, 0.15) is 23.9 Å². The van der Waals surface area contributed by atoms with E-state index in [0.717, 1.165) is 39.7 Å². The van der Waals surface area contributed by atoms with Crippen molar-refractivity contribution in [1.29, 1.82) is 0 Å². The van der Waals surface area contributed by atoms with E-state index in [-0.39, 0.29) is 0 Å². The van der Waals surface area contributed by atoms with E-state index in [1.165, 1.54) is 5.56 Å². The number of rotatable bonds is 9. The van der Waals surface area contributed by atoms with Crippen molar-refractivity contribution in [2.24, 2.45) is 0 Å². The first kappa shape index (κ1) is 20.8. The molecule has 0 saturated heterocycles. The molecule has 0 spiro atoms. The molecule has 4 aromatic rings. The number of para-hydroxylation sites is 1. The highest BCUT2D eigenvalue weighted by Gasteiger charge is 2.15. The van der Waals surface area contributed by atoms with Crippen LogP contribution < -0.4 is 14.2 Å². The summed E-state index contributed by atoms with van der Waals surface area (Å²) in [6.07, 6.45) is 0. The van der Waals surface area contributed by atoms with E-state index in [9.17, 15) is 0 Å². The number of thioether (sulfide) groups is 1. The zero-order valence-corrected chi connectivity index (χ0v) is 18.2. The third-order valence-corrected chi connectivity index (χ3v) is 5.67. The highest BCUT2D eigenvalue weighted by molar-refractivity contribution is 7.98. The van der Waals surface area contributed by atoms with E-state index >= 15 is 0 Å². The van der Waals surface area contributed by atoms with Crippen molar-refractivity contribution < 1.29 is 14.2 Å². The van der Waals surface area contributed by atoms with Crippen molar-refractivity contribution in [2.75, 3.05) is 14.2 Å². The van der Waals surface area contributed by atoms with Crippen LogP contribution in [0.3, 0.4) is 0 Å². The Morgan fingerprint density at radius 2 is 1.35 bits per heavy atom. The predicted octanol–water partition coefficient (Wildman–Crippen LogP) is 5.16. The molecule has 1 heterocycles. The van der Waals surface area contributed by atoms with Crippen LogP contribution in [0, 0.1) is 0 Å². The summed E-state index contributed by atoms with van der Waals surface area (Å²) < 4.78 is 18.4. The molecular weight excluding hydrogens is 410 g/mol. The molecule has 0 atom stereocenters. The molecule has 31 heavy (non-hydrogen) atoms. The largest absolute Gasteiger partial charge is 0.497 e. The summed E-state index contributed by atoms with van der Waals surface area (Å²) in [7, 11) is 3.31. The molecule has 3 aromatic carbocycles. The monoisotopic (exact) mass is 433 g/mol. The summed E-state index contributed by atoms with van der Waals surface area (Å²) in [6, 6.07) is 25.6. The first-order valence-corrected chi connectivity index (χ1v) is 10.8. The van der Waals surface area contributed by atoms with Gasteiger partial charge in [-0.25, -0.2) is 0 Å². The third-order valence-electron chi connectivity index (χ3n) is 4.67. The number of ether oxygens (including phenoxy) is 3. The summed E-state index contributed by atoms with van der Waals surface area (Å²) in [5.74, 6) is 3.89. The van der Waals surface area contributed by atoms with E-state index in [4.69, 9.17) is 14.2 Å². The van der Waals surface area contributed by atoms with Gasteiger partial charge in [-0.05, 0) is 54.1 Å². The van der Waals surface area contributed by atoms with Crippen molar-refractivity contribution in [3.63, 3.8) is 0 Å². The van der Waals surface area contributed by atoms with E-state index in [1.54, 1.807) is 26.0 Å². The highest BCUT2D eigenvalue weighted by Crippen LogP contribution is 2.27. The zero-order valence-electron chi connectivity index (χ0n) is 17.4. The van der Waals surface area contributed by atoms with E-state index < -0.39 is 0 Å². The lowest BCUT2D eigenvalue weighted by Gasteiger charge is -2.11. The maximum absolute atomic E-state index is 5.95. The lowest BCUT2D eigenvalue weighted by molar-refractivity contribution is 0.292. The maximum atomic E-state index is 5.95. The Hall–Kier alpha value is -3.45. The van der Waals surface area contributed by atoms with Crippen molar-refractivity contribution in [3.05, 3.63) is 90.3 Å². The fourth-order valence-corrected chi connectivity index (χ4v) is 3.94. The first-order valence-electron chi connectivity index (χ1n) is 9.79. The Morgan fingerprint density at radius 3 is 2.00 bits per heavy atom. The Kier molecular flexibility index (Phi) is 6.74. The SMILES string of the molecule is COc1ccc(CSc2nnc(COc3ccc(OC)cc3)n2-c2ccccc2)cc1. The van der Waals surface area contributed by atoms with Crippen molar-refractivity contribution in [3.8, 4) is 22.9 Å². The Labute approximate surface area is 185 Å². The molecule has 0 aliphatic carbocycles. The molecule has 158 valence electrons. The molecule has 7 heteroatoms. The number of hydrogen-bond acceptors (Lipinski definition) is 6. The first-order chi connectivity index (χ1) is 15.3. The quantitative estimate of drug-likeness (QED) is 0.340. The Bertz CT molecular complexity index is 1030. The average molecular weight is 434 g/mol. The Morgan fingerprint density at radius 1 is 0.742 bits per heavy atom. The van der Waals surface area contributed by atoms with Crippen LogP contribution in [-0.4, -0.2) is 29.0 Å². The molecule has 0 bridgehead atoms. The summed E-state index contributed by atoms with van der Waals surface area (Å²) in [5.41, 5.74) is 2.18. The molecule has 0 N–H and O–H groups in total. The Balaban J connectivity index is 1.53. The standard InChI is InChI=1S/C24H23N3O3S/c1-28-20-10-8-18(9-11-20)17-31-24-26-25-23(27(24)19-6-4-3-5-7-19)16-30-22-14-12-21(29-2)13-15-22/h3-15H,16-17H2,1-2H3. The van der Waals surface area contributed by atoms with Gasteiger partial charge in [0.25, 0.3) is 0 Å². The molecule has 1 aromatic heterocycles. The number of nitrogens with zero attached hydrogens (tertiary/aromatic N) is 3. The van der Waals surface area contributed by atoms with Crippen LogP contribution >= 0.6 is 11.8 Å². The molecule has 6 nitrogen and oxygen atoms in total. The average Bonchev–Trinajstić information content (AvgIpc) is 3.25. The summed E-state index contributed by atoms with van der Waals surface area (Å²) in [5, 5.41) is 9.65. The van der Waals surface area contributed by atoms with E-state index in [1.807, 2.05) is 71.3 Å². The number of methoxy groups -OCH3 is 2. The van der Waals surface area contributed by atoms with Crippen LogP contribution in [0.5, 0.6) is 17.2 Å². The normalized spacial score (nSPS) is 10.6. The van der Waals surface area contributed by atoms with Gasteiger partial charge in [0, 0.05) is 11.4 Å². The maximum Gasteiger partial charge on any atom is 0.196 e. The minimum absolute atomic E-state index is 0.303. The summed E-state index contributed by atoms with van der Waals surface area (Å²) in [6.45, 7) is 0.303. The molecular formula is C24H23N3O3S. The second-order valence-corrected chi connectivity index (χ2v) is 7.61. The van der Waals surface area contributed by atoms with Gasteiger partial charge in [0.05, 0.1) is 14.2 Å². The van der Waals surface area contributed by atoms with Crippen LogP contribution in [0.1, 0.15) is 11.4 Å². The molecule has 0 saturated carbocycles. The van der Waals surface area contributed by atoms with Crippen LogP contribution in [0.2, 0.25) is 0 Å². The molecule has 0 amide bonds. The fourth-order valence-electron chi connectivity index (χ4n) is 3.01. The minimum Gasteiger partial charge on any atom is -0.497 e. The zero-order chi connectivity index (χ0) is 21.5. The number of hydrogen-bond donors (Lipinski definition) is 0. The molecule has 0 radical (unpaired) electrons. The molecule has 4 rings (SSSR count). The van der Waals surface area contributed by atoms with E-state index in [0.29, 0.717) is 6.61 Å². The lowest BCUT2D eigenvalue weighted by atomic mass is 10.2. The molecule has 0 aliphatic rings. The minimum atomic E-state index is 0.303. The number of aromatic nitrogens is 3. The van der Waals surface area contributed by atoms with Crippen molar-refractivity contribution in [1.82, 2.24) is 14.8 Å². The van der Waals surface area contributed by atoms with Gasteiger partial charge in [-0.3, -0.25) is 4.57 Å². The van der Waals surface area contributed by atoms with Gasteiger partial charge in [-0.2, -0.15) is 0 Å². The van der Waals surface area contributed by atoms with Crippen LogP contribution in [0.4, 0.5) is 0 Å². The van der Waals surface area contributed by atoms with Crippen LogP contribution in [0.25, 0.3) is 5.69 Å². The van der Waals surface area contributed by atoms with Gasteiger partial charge >= 0.3 is 0 Å². The smallest absolute Gasteiger partial charge is 0.196 e. The van der Waals surface area contributed by atoms with Crippen molar-refractivity contribution in [2.45, 2.75) is 17.5 Å². The molecule has 0 aliphatic heterocycles. The molecule has 0 unspecified atom stereocenters. The van der Waals surface area contributed by atoms with E-state index in [2.05, 4.69) is 22.3 Å². The number of benzene rings is 3. The topological polar surface area (TPSA) is 58.4 Å². The second-order valence-electron chi connectivity index (χ2n) is 6.67. The summed E-state index contributed by atoms with van der Waals surface area (Å²) >= 11 is 1.63. The summed E-state index contributed by atoms with van der Waals surface area (Å²) in [4.78, 5) is 0. The van der Waals surface area contributed by atoms with Crippen LogP contribution in [-0.2, 0) is 12.4 Å². The van der Waals surface area contributed by atoms with Gasteiger partial charge in [0.15, 0.2) is 11.0 Å². The second kappa shape index (κ2) is 10.0. The predicted molar refractivity (Wildman–Crippen MR) is 121 cm³/mol. The third kappa shape index (κ3) is 5.19. The molecule has 0 fully saturated rings. The fraction of sp³-hybridized carbons (Fsp3) is 0.167.